The number of rotatable bonds is 3. The number of halogens is 2. The quantitative estimate of drug-likeness (QED) is 0.672. The highest BCUT2D eigenvalue weighted by atomic mass is 35.5. The van der Waals surface area contributed by atoms with E-state index in [0.717, 1.165) is 19.4 Å². The number of carbonyl (C=O) groups is 1. The minimum Gasteiger partial charge on any atom is -0.356 e. The smallest absolute Gasteiger partial charge is 0.216 e. The first-order valence-corrected chi connectivity index (χ1v) is 3.01. The molecule has 2 nitrogen and oxygen atoms in total. The molecule has 0 saturated heterocycles. The maximum Gasteiger partial charge on any atom is 0.216 e. The molecule has 0 fully saturated rings. The Balaban J connectivity index is -0.000000245. The van der Waals surface area contributed by atoms with Gasteiger partial charge >= 0.3 is 0 Å². The molecule has 0 aliphatic rings. The summed E-state index contributed by atoms with van der Waals surface area (Å²) in [7, 11) is 0. The summed E-state index contributed by atoms with van der Waals surface area (Å²) >= 11 is 0. The van der Waals surface area contributed by atoms with Crippen molar-refractivity contribution in [2.75, 3.05) is 6.54 Å². The van der Waals surface area contributed by atoms with E-state index in [1.807, 2.05) is 0 Å². The van der Waals surface area contributed by atoms with Gasteiger partial charge in [0.25, 0.3) is 0 Å². The minimum absolute atomic E-state index is 0. The number of hydrogen-bond donors (Lipinski definition) is 1. The molecule has 4 heteroatoms. The summed E-state index contributed by atoms with van der Waals surface area (Å²) in [5, 5.41) is 2.71. The summed E-state index contributed by atoms with van der Waals surface area (Å²) in [6.07, 6.45) is 2.22. The molecule has 0 unspecified atom stereocenters. The Kier molecular flexibility index (Phi) is 19.5. The van der Waals surface area contributed by atoms with Crippen LogP contribution in [0.3, 0.4) is 0 Å². The van der Waals surface area contributed by atoms with Crippen molar-refractivity contribution < 1.29 is 4.79 Å². The number of carbonyl (C=O) groups excluding carboxylic acids is 1. The normalized spacial score (nSPS) is 7.00. The second-order valence-corrected chi connectivity index (χ2v) is 1.84. The molecule has 0 aliphatic carbocycles. The van der Waals surface area contributed by atoms with Gasteiger partial charge in [-0.25, -0.2) is 0 Å². The highest BCUT2D eigenvalue weighted by molar-refractivity contribution is 5.85. The Bertz CT molecular complexity index is 78.1. The lowest BCUT2D eigenvalue weighted by molar-refractivity contribution is -0.118. The van der Waals surface area contributed by atoms with Crippen LogP contribution in [0.4, 0.5) is 0 Å². The monoisotopic (exact) mass is 187 g/mol. The first-order chi connectivity index (χ1) is 3.77. The van der Waals surface area contributed by atoms with Crippen molar-refractivity contribution in [2.24, 2.45) is 0 Å². The summed E-state index contributed by atoms with van der Waals surface area (Å²) < 4.78 is 0. The van der Waals surface area contributed by atoms with Crippen molar-refractivity contribution in [3.8, 4) is 0 Å². The lowest BCUT2D eigenvalue weighted by atomic mass is 10.3. The summed E-state index contributed by atoms with van der Waals surface area (Å²) in [6, 6.07) is 0. The molecule has 0 atom stereocenters. The lowest BCUT2D eigenvalue weighted by Crippen LogP contribution is -2.20. The van der Waals surface area contributed by atoms with E-state index in [2.05, 4.69) is 12.2 Å². The van der Waals surface area contributed by atoms with Crippen LogP contribution in [0.1, 0.15) is 26.7 Å². The van der Waals surface area contributed by atoms with E-state index in [1.54, 1.807) is 0 Å². The van der Waals surface area contributed by atoms with Gasteiger partial charge in [-0.05, 0) is 6.42 Å². The minimum atomic E-state index is 0. The van der Waals surface area contributed by atoms with Gasteiger partial charge in [-0.3, -0.25) is 4.79 Å². The van der Waals surface area contributed by atoms with Gasteiger partial charge in [0.1, 0.15) is 0 Å². The Hall–Kier alpha value is 0.0500. The first kappa shape index (κ1) is 16.6. The Labute approximate surface area is 74.6 Å². The molecule has 1 amide bonds. The van der Waals surface area contributed by atoms with Crippen LogP contribution >= 0.6 is 24.8 Å². The van der Waals surface area contributed by atoms with Crippen molar-refractivity contribution >= 4 is 30.7 Å². The molecule has 1 N–H and O–H groups in total. The summed E-state index contributed by atoms with van der Waals surface area (Å²) in [6.45, 7) is 4.46. The molecule has 0 aromatic carbocycles. The topological polar surface area (TPSA) is 29.1 Å². The van der Waals surface area contributed by atoms with Crippen LogP contribution in [-0.2, 0) is 4.79 Å². The van der Waals surface area contributed by atoms with E-state index >= 15 is 0 Å². The molecular formula is C6H15Cl2NO. The fourth-order valence-electron chi connectivity index (χ4n) is 0.441. The molecule has 64 valence electrons. The number of amides is 1. The Morgan fingerprint density at radius 1 is 1.40 bits per heavy atom. The highest BCUT2D eigenvalue weighted by Gasteiger charge is 1.85. The largest absolute Gasteiger partial charge is 0.356 e. The molecule has 0 aromatic rings. The lowest BCUT2D eigenvalue weighted by Gasteiger charge is -1.96. The third-order valence-corrected chi connectivity index (χ3v) is 0.904. The van der Waals surface area contributed by atoms with E-state index in [4.69, 9.17) is 0 Å². The molecule has 0 radical (unpaired) electrons. The maximum absolute atomic E-state index is 10.2. The SMILES string of the molecule is CCCCNC(C)=O.Cl.Cl. The fourth-order valence-corrected chi connectivity index (χ4v) is 0.441. The average molecular weight is 188 g/mol. The Morgan fingerprint density at radius 3 is 2.20 bits per heavy atom. The standard InChI is InChI=1S/C6H13NO.2ClH/c1-3-4-5-7-6(2)8;;/h3-5H2,1-2H3,(H,7,8);2*1H. The number of unbranched alkanes of at least 4 members (excludes halogenated alkanes) is 1. The average Bonchev–Trinajstić information content (AvgIpc) is 1.66. The molecule has 0 heterocycles. The van der Waals surface area contributed by atoms with E-state index in [-0.39, 0.29) is 30.7 Å². The van der Waals surface area contributed by atoms with Gasteiger partial charge < -0.3 is 5.32 Å². The first-order valence-electron chi connectivity index (χ1n) is 3.01. The van der Waals surface area contributed by atoms with Crippen LogP contribution in [-0.4, -0.2) is 12.5 Å². The van der Waals surface area contributed by atoms with Gasteiger partial charge in [0, 0.05) is 13.5 Å². The van der Waals surface area contributed by atoms with E-state index in [1.165, 1.54) is 6.92 Å². The zero-order chi connectivity index (χ0) is 6.41. The van der Waals surface area contributed by atoms with Crippen molar-refractivity contribution in [2.45, 2.75) is 26.7 Å². The van der Waals surface area contributed by atoms with E-state index in [0.29, 0.717) is 0 Å². The van der Waals surface area contributed by atoms with Crippen molar-refractivity contribution in [1.29, 1.82) is 0 Å². The van der Waals surface area contributed by atoms with Crippen LogP contribution in [0.2, 0.25) is 0 Å². The molecule has 0 saturated carbocycles. The number of nitrogens with one attached hydrogen (secondary N) is 1. The van der Waals surface area contributed by atoms with Crippen LogP contribution in [0.15, 0.2) is 0 Å². The second kappa shape index (κ2) is 11.8. The van der Waals surface area contributed by atoms with Gasteiger partial charge in [0.2, 0.25) is 5.91 Å². The number of hydrogen-bond acceptors (Lipinski definition) is 1. The van der Waals surface area contributed by atoms with Gasteiger partial charge in [0.05, 0.1) is 0 Å². The van der Waals surface area contributed by atoms with Gasteiger partial charge in [-0.1, -0.05) is 13.3 Å². The van der Waals surface area contributed by atoms with Crippen molar-refractivity contribution in [1.82, 2.24) is 5.32 Å². The van der Waals surface area contributed by atoms with Crippen LogP contribution in [0.5, 0.6) is 0 Å². The van der Waals surface area contributed by atoms with E-state index in [9.17, 15) is 4.79 Å². The predicted octanol–water partition coefficient (Wildman–Crippen LogP) is 1.77. The molecule has 0 spiro atoms. The van der Waals surface area contributed by atoms with Crippen LogP contribution in [0.25, 0.3) is 0 Å². The van der Waals surface area contributed by atoms with Crippen molar-refractivity contribution in [3.63, 3.8) is 0 Å². The zero-order valence-corrected chi connectivity index (χ0v) is 7.98. The predicted molar refractivity (Wildman–Crippen MR) is 48.1 cm³/mol. The molecule has 0 rings (SSSR count). The Morgan fingerprint density at radius 2 is 1.90 bits per heavy atom. The van der Waals surface area contributed by atoms with Gasteiger partial charge in [-0.2, -0.15) is 0 Å². The van der Waals surface area contributed by atoms with Crippen LogP contribution in [0, 0.1) is 0 Å². The molecule has 0 aromatic heterocycles. The van der Waals surface area contributed by atoms with Crippen molar-refractivity contribution in [3.05, 3.63) is 0 Å². The maximum atomic E-state index is 10.2. The zero-order valence-electron chi connectivity index (χ0n) is 6.35. The summed E-state index contributed by atoms with van der Waals surface area (Å²) in [4.78, 5) is 10.2. The highest BCUT2D eigenvalue weighted by Crippen LogP contribution is 1.80. The molecule has 0 bridgehead atoms. The molecule has 10 heavy (non-hydrogen) atoms. The second-order valence-electron chi connectivity index (χ2n) is 1.84. The van der Waals surface area contributed by atoms with Crippen LogP contribution < -0.4 is 5.32 Å². The third-order valence-electron chi connectivity index (χ3n) is 0.904. The van der Waals surface area contributed by atoms with E-state index < -0.39 is 0 Å². The summed E-state index contributed by atoms with van der Waals surface area (Å²) in [5.74, 6) is 0.0680. The third kappa shape index (κ3) is 15.7. The van der Waals surface area contributed by atoms with Gasteiger partial charge in [0.15, 0.2) is 0 Å². The fraction of sp³-hybridized carbons (Fsp3) is 0.833. The molecular weight excluding hydrogens is 173 g/mol. The summed E-state index contributed by atoms with van der Waals surface area (Å²) in [5.41, 5.74) is 0. The van der Waals surface area contributed by atoms with Gasteiger partial charge in [-0.15, -0.1) is 24.8 Å². The molecule has 0 aliphatic heterocycles.